The number of benzene rings is 1. The van der Waals surface area contributed by atoms with E-state index in [2.05, 4.69) is 10.2 Å². The van der Waals surface area contributed by atoms with Crippen molar-refractivity contribution >= 4 is 17.5 Å². The van der Waals surface area contributed by atoms with Gasteiger partial charge < -0.3 is 14.2 Å². The molecular formula is C15H17ClN4O2. The molecule has 0 N–H and O–H groups in total. The Morgan fingerprint density at radius 1 is 1.45 bits per heavy atom. The molecule has 0 bridgehead atoms. The molecule has 2 aromatic rings. The van der Waals surface area contributed by atoms with Crippen LogP contribution in [0.1, 0.15) is 27.8 Å². The number of amides is 1. The molecule has 116 valence electrons. The van der Waals surface area contributed by atoms with Crippen molar-refractivity contribution in [1.82, 2.24) is 19.7 Å². The normalized spacial score (nSPS) is 18.5. The topological polar surface area (TPSA) is 60.3 Å². The monoisotopic (exact) mass is 320 g/mol. The summed E-state index contributed by atoms with van der Waals surface area (Å²) in [5.41, 5.74) is 1.53. The van der Waals surface area contributed by atoms with E-state index in [1.165, 1.54) is 0 Å². The number of hydrogen-bond donors (Lipinski definition) is 0. The molecule has 0 unspecified atom stereocenters. The van der Waals surface area contributed by atoms with Gasteiger partial charge in [0, 0.05) is 24.2 Å². The number of rotatable bonds is 2. The molecule has 1 fully saturated rings. The van der Waals surface area contributed by atoms with Crippen LogP contribution in [0.2, 0.25) is 5.02 Å². The second-order valence-corrected chi connectivity index (χ2v) is 5.78. The largest absolute Gasteiger partial charge is 0.366 e. The predicted molar refractivity (Wildman–Crippen MR) is 81.8 cm³/mol. The highest BCUT2D eigenvalue weighted by Crippen LogP contribution is 2.22. The molecule has 3 rings (SSSR count). The highest BCUT2D eigenvalue weighted by Gasteiger charge is 2.28. The molecule has 0 saturated carbocycles. The van der Waals surface area contributed by atoms with Gasteiger partial charge in [-0.1, -0.05) is 11.6 Å². The molecule has 1 amide bonds. The van der Waals surface area contributed by atoms with E-state index in [4.69, 9.17) is 16.3 Å². The van der Waals surface area contributed by atoms with Gasteiger partial charge in [-0.05, 0) is 30.7 Å². The smallest absolute Gasteiger partial charge is 0.254 e. The van der Waals surface area contributed by atoms with Gasteiger partial charge in [0.05, 0.1) is 13.2 Å². The van der Waals surface area contributed by atoms with Crippen molar-refractivity contribution in [1.29, 1.82) is 0 Å². The molecule has 6 nitrogen and oxygen atoms in total. The lowest BCUT2D eigenvalue weighted by Gasteiger charge is -2.32. The molecule has 1 saturated heterocycles. The van der Waals surface area contributed by atoms with Gasteiger partial charge in [-0.15, -0.1) is 10.2 Å². The summed E-state index contributed by atoms with van der Waals surface area (Å²) >= 11 is 6.02. The van der Waals surface area contributed by atoms with Crippen LogP contribution in [0.25, 0.3) is 0 Å². The van der Waals surface area contributed by atoms with Crippen LogP contribution in [0.5, 0.6) is 0 Å². The van der Waals surface area contributed by atoms with E-state index >= 15 is 0 Å². The minimum absolute atomic E-state index is 0.0183. The first-order valence-electron chi connectivity index (χ1n) is 7.07. The molecule has 1 aromatic carbocycles. The van der Waals surface area contributed by atoms with E-state index in [0.29, 0.717) is 30.3 Å². The first kappa shape index (κ1) is 15.0. The molecule has 0 aliphatic carbocycles. The van der Waals surface area contributed by atoms with Crippen molar-refractivity contribution in [3.05, 3.63) is 46.5 Å². The summed E-state index contributed by atoms with van der Waals surface area (Å²) in [5.74, 6) is 0.708. The summed E-state index contributed by atoms with van der Waals surface area (Å²) in [7, 11) is 1.86. The minimum atomic E-state index is -0.251. The van der Waals surface area contributed by atoms with Crippen LogP contribution in [0.15, 0.2) is 24.5 Å². The third kappa shape index (κ3) is 2.84. The average Bonchev–Trinajstić information content (AvgIpc) is 2.95. The molecule has 0 radical (unpaired) electrons. The van der Waals surface area contributed by atoms with Crippen molar-refractivity contribution in [3.63, 3.8) is 0 Å². The van der Waals surface area contributed by atoms with Gasteiger partial charge in [0.2, 0.25) is 0 Å². The van der Waals surface area contributed by atoms with Crippen molar-refractivity contribution in [3.8, 4) is 0 Å². The van der Waals surface area contributed by atoms with E-state index in [-0.39, 0.29) is 12.0 Å². The number of carbonyl (C=O) groups is 1. The van der Waals surface area contributed by atoms with Crippen molar-refractivity contribution in [2.45, 2.75) is 13.0 Å². The molecule has 7 heteroatoms. The van der Waals surface area contributed by atoms with Gasteiger partial charge >= 0.3 is 0 Å². The highest BCUT2D eigenvalue weighted by atomic mass is 35.5. The molecule has 1 aliphatic heterocycles. The lowest BCUT2D eigenvalue weighted by molar-refractivity contribution is -0.0281. The summed E-state index contributed by atoms with van der Waals surface area (Å²) in [6.45, 7) is 3.40. The summed E-state index contributed by atoms with van der Waals surface area (Å²) in [6.07, 6.45) is 1.38. The van der Waals surface area contributed by atoms with Gasteiger partial charge in [-0.25, -0.2) is 0 Å². The van der Waals surface area contributed by atoms with E-state index in [0.717, 1.165) is 11.4 Å². The second-order valence-electron chi connectivity index (χ2n) is 5.37. The van der Waals surface area contributed by atoms with Crippen molar-refractivity contribution in [2.24, 2.45) is 7.05 Å². The molecule has 1 atom stereocenters. The quantitative estimate of drug-likeness (QED) is 0.849. The summed E-state index contributed by atoms with van der Waals surface area (Å²) in [4.78, 5) is 14.4. The fraction of sp³-hybridized carbons (Fsp3) is 0.400. The zero-order chi connectivity index (χ0) is 15.7. The molecule has 1 aromatic heterocycles. The Morgan fingerprint density at radius 3 is 2.95 bits per heavy atom. The molecule has 0 spiro atoms. The fourth-order valence-electron chi connectivity index (χ4n) is 2.53. The second kappa shape index (κ2) is 6.06. The number of ether oxygens (including phenoxy) is 1. The van der Waals surface area contributed by atoms with Crippen molar-refractivity contribution < 1.29 is 9.53 Å². The summed E-state index contributed by atoms with van der Waals surface area (Å²) in [5, 5.41) is 8.59. The maximum absolute atomic E-state index is 12.6. The number of aromatic nitrogens is 3. The number of aryl methyl sites for hydroxylation is 2. The van der Waals surface area contributed by atoms with Crippen LogP contribution in [0.3, 0.4) is 0 Å². The SMILES string of the molecule is Cc1cc(C(=O)N2CCO[C@@H](c3nncn3C)C2)ccc1Cl. The number of morpholine rings is 1. The third-order valence-corrected chi connectivity index (χ3v) is 4.22. The third-order valence-electron chi connectivity index (χ3n) is 3.79. The van der Waals surface area contributed by atoms with Gasteiger partial charge in [-0.3, -0.25) is 4.79 Å². The fourth-order valence-corrected chi connectivity index (χ4v) is 2.65. The van der Waals surface area contributed by atoms with Crippen LogP contribution in [-0.4, -0.2) is 45.3 Å². The maximum atomic E-state index is 12.6. The van der Waals surface area contributed by atoms with E-state index in [1.54, 1.807) is 23.4 Å². The van der Waals surface area contributed by atoms with E-state index < -0.39 is 0 Å². The number of hydrogen-bond acceptors (Lipinski definition) is 4. The lowest BCUT2D eigenvalue weighted by Crippen LogP contribution is -2.42. The molecule has 22 heavy (non-hydrogen) atoms. The summed E-state index contributed by atoms with van der Waals surface area (Å²) < 4.78 is 7.53. The molecule has 1 aliphatic rings. The van der Waals surface area contributed by atoms with Crippen molar-refractivity contribution in [2.75, 3.05) is 19.7 Å². The maximum Gasteiger partial charge on any atom is 0.254 e. The standard InChI is InChI=1S/C15H17ClN4O2/c1-10-7-11(3-4-12(10)16)15(21)20-5-6-22-13(8-20)14-18-17-9-19(14)2/h3-4,7,9,13H,5-6,8H2,1-2H3/t13-/m1/s1. The Bertz CT molecular complexity index is 701. The summed E-state index contributed by atoms with van der Waals surface area (Å²) in [6, 6.07) is 5.33. The first-order valence-corrected chi connectivity index (χ1v) is 7.45. The van der Waals surface area contributed by atoms with Gasteiger partial charge in [0.15, 0.2) is 5.82 Å². The van der Waals surface area contributed by atoms with Crippen LogP contribution in [0.4, 0.5) is 0 Å². The first-order chi connectivity index (χ1) is 10.6. The van der Waals surface area contributed by atoms with Crippen LogP contribution < -0.4 is 0 Å². The van der Waals surface area contributed by atoms with Gasteiger partial charge in [0.1, 0.15) is 12.4 Å². The van der Waals surface area contributed by atoms with Crippen LogP contribution in [0, 0.1) is 6.92 Å². The van der Waals surface area contributed by atoms with Crippen LogP contribution in [-0.2, 0) is 11.8 Å². The van der Waals surface area contributed by atoms with Gasteiger partial charge in [-0.2, -0.15) is 0 Å². The Balaban J connectivity index is 1.78. The van der Waals surface area contributed by atoms with Crippen LogP contribution >= 0.6 is 11.6 Å². The number of nitrogens with zero attached hydrogens (tertiary/aromatic N) is 4. The van der Waals surface area contributed by atoms with Gasteiger partial charge in [0.25, 0.3) is 5.91 Å². The van der Waals surface area contributed by atoms with E-state index in [1.807, 2.05) is 24.6 Å². The number of carbonyl (C=O) groups excluding carboxylic acids is 1. The Morgan fingerprint density at radius 2 is 2.27 bits per heavy atom. The Hall–Kier alpha value is -1.92. The Kier molecular flexibility index (Phi) is 4.13. The van der Waals surface area contributed by atoms with E-state index in [9.17, 15) is 4.79 Å². The zero-order valence-corrected chi connectivity index (χ0v) is 13.2. The average molecular weight is 321 g/mol. The zero-order valence-electron chi connectivity index (χ0n) is 12.5. The Labute approximate surface area is 133 Å². The predicted octanol–water partition coefficient (Wildman–Crippen LogP) is 1.99. The number of halogens is 1. The molecule has 2 heterocycles. The highest BCUT2D eigenvalue weighted by molar-refractivity contribution is 6.31. The minimum Gasteiger partial charge on any atom is -0.366 e. The molecular weight excluding hydrogens is 304 g/mol. The lowest BCUT2D eigenvalue weighted by atomic mass is 10.1.